The molecule has 1 fully saturated rings. The minimum Gasteiger partial charge on any atom is -0.489 e. The Morgan fingerprint density at radius 2 is 2.04 bits per heavy atom. The molecule has 4 nitrogen and oxygen atoms in total. The number of hydrogen-bond donors (Lipinski definition) is 1. The fourth-order valence-corrected chi connectivity index (χ4v) is 3.52. The Morgan fingerprint density at radius 3 is 2.73 bits per heavy atom. The third-order valence-corrected chi connectivity index (χ3v) is 5.01. The lowest BCUT2D eigenvalue weighted by Crippen LogP contribution is -2.46. The minimum absolute atomic E-state index is 0.198. The number of nitrogens with two attached hydrogens (primary N) is 1. The smallest absolute Gasteiger partial charge is 0.234 e. The highest BCUT2D eigenvalue weighted by molar-refractivity contribution is 5.79. The molecule has 0 saturated carbocycles. The average molecular weight is 356 g/mol. The Balaban J connectivity index is 1.67. The minimum atomic E-state index is -0.285. The van der Waals surface area contributed by atoms with E-state index in [1.165, 1.54) is 12.1 Å². The molecule has 0 aliphatic carbocycles. The number of carbonyl (C=O) groups excluding carboxylic acids is 1. The van der Waals surface area contributed by atoms with Gasteiger partial charge in [0, 0.05) is 6.04 Å². The van der Waals surface area contributed by atoms with Crippen LogP contribution in [0.4, 0.5) is 4.39 Å². The topological polar surface area (TPSA) is 55.6 Å². The second kappa shape index (κ2) is 8.32. The van der Waals surface area contributed by atoms with Gasteiger partial charge in [-0.25, -0.2) is 4.39 Å². The zero-order chi connectivity index (χ0) is 18.5. The molecule has 0 bridgehead atoms. The monoisotopic (exact) mass is 356 g/mol. The molecule has 1 amide bonds. The summed E-state index contributed by atoms with van der Waals surface area (Å²) in [5.41, 5.74) is 7.47. The normalized spacial score (nSPS) is 19.1. The third-order valence-electron chi connectivity index (χ3n) is 5.01. The van der Waals surface area contributed by atoms with Gasteiger partial charge in [-0.3, -0.25) is 9.69 Å². The molecule has 2 aromatic carbocycles. The maximum atomic E-state index is 13.2. The van der Waals surface area contributed by atoms with Crippen LogP contribution in [-0.4, -0.2) is 23.4 Å². The quantitative estimate of drug-likeness (QED) is 0.856. The van der Waals surface area contributed by atoms with Gasteiger partial charge in [0.2, 0.25) is 5.91 Å². The zero-order valence-electron chi connectivity index (χ0n) is 15.0. The van der Waals surface area contributed by atoms with Crippen molar-refractivity contribution in [3.05, 3.63) is 65.5 Å². The van der Waals surface area contributed by atoms with Crippen LogP contribution in [0, 0.1) is 5.82 Å². The van der Waals surface area contributed by atoms with Crippen LogP contribution in [0.3, 0.4) is 0 Å². The van der Waals surface area contributed by atoms with E-state index in [4.69, 9.17) is 10.5 Å². The van der Waals surface area contributed by atoms with Gasteiger partial charge >= 0.3 is 0 Å². The van der Waals surface area contributed by atoms with Gasteiger partial charge in [-0.2, -0.15) is 0 Å². The molecule has 0 radical (unpaired) electrons. The SMILES string of the molecule is C[C@H](C(N)=O)N1CCCC[C@@H]1c1ccc(OCc2cccc(F)c2)cc1. The van der Waals surface area contributed by atoms with E-state index in [-0.39, 0.29) is 23.8 Å². The standard InChI is InChI=1S/C21H25FN2O2/c1-15(21(23)25)24-12-3-2-7-20(24)17-8-10-19(11-9-17)26-14-16-5-4-6-18(22)13-16/h4-6,8-11,13,15,20H,2-3,7,12,14H2,1H3,(H2,23,25)/t15-,20-/m1/s1. The lowest BCUT2D eigenvalue weighted by Gasteiger charge is -2.39. The van der Waals surface area contributed by atoms with Gasteiger partial charge in [-0.15, -0.1) is 0 Å². The van der Waals surface area contributed by atoms with Crippen LogP contribution in [0.25, 0.3) is 0 Å². The van der Waals surface area contributed by atoms with E-state index in [2.05, 4.69) is 4.90 Å². The van der Waals surface area contributed by atoms with Crippen molar-refractivity contribution in [3.8, 4) is 5.75 Å². The number of amides is 1. The van der Waals surface area contributed by atoms with Crippen LogP contribution in [0.2, 0.25) is 0 Å². The van der Waals surface area contributed by atoms with Crippen molar-refractivity contribution in [3.63, 3.8) is 0 Å². The van der Waals surface area contributed by atoms with Gasteiger partial charge in [-0.1, -0.05) is 30.7 Å². The van der Waals surface area contributed by atoms with Gasteiger partial charge in [0.15, 0.2) is 0 Å². The molecule has 2 aromatic rings. The molecule has 2 N–H and O–H groups in total. The summed E-state index contributed by atoms with van der Waals surface area (Å²) < 4.78 is 19.0. The summed E-state index contributed by atoms with van der Waals surface area (Å²) in [6.07, 6.45) is 3.24. The van der Waals surface area contributed by atoms with E-state index < -0.39 is 0 Å². The van der Waals surface area contributed by atoms with Crippen molar-refractivity contribution in [1.82, 2.24) is 4.90 Å². The summed E-state index contributed by atoms with van der Waals surface area (Å²) in [5.74, 6) is 0.192. The van der Waals surface area contributed by atoms with Crippen LogP contribution in [0.15, 0.2) is 48.5 Å². The maximum Gasteiger partial charge on any atom is 0.234 e. The summed E-state index contributed by atoms with van der Waals surface area (Å²) in [5, 5.41) is 0. The number of ether oxygens (including phenoxy) is 1. The highest BCUT2D eigenvalue weighted by atomic mass is 19.1. The molecule has 1 aliphatic heterocycles. The molecule has 1 aliphatic rings. The van der Waals surface area contributed by atoms with Crippen molar-refractivity contribution in [2.24, 2.45) is 5.73 Å². The number of hydrogen-bond acceptors (Lipinski definition) is 3. The maximum absolute atomic E-state index is 13.2. The first kappa shape index (κ1) is 18.4. The number of piperidine rings is 1. The van der Waals surface area contributed by atoms with Crippen molar-refractivity contribution < 1.29 is 13.9 Å². The molecule has 0 unspecified atom stereocenters. The Morgan fingerprint density at radius 1 is 1.27 bits per heavy atom. The number of likely N-dealkylation sites (tertiary alicyclic amines) is 1. The zero-order valence-corrected chi connectivity index (χ0v) is 15.0. The summed E-state index contributed by atoms with van der Waals surface area (Å²) in [7, 11) is 0. The fraction of sp³-hybridized carbons (Fsp3) is 0.381. The van der Waals surface area contributed by atoms with Gasteiger partial charge in [0.25, 0.3) is 0 Å². The van der Waals surface area contributed by atoms with Gasteiger partial charge in [-0.05, 0) is 61.7 Å². The van der Waals surface area contributed by atoms with E-state index in [0.717, 1.165) is 42.7 Å². The number of rotatable bonds is 6. The molecule has 3 rings (SSSR count). The molecule has 2 atom stereocenters. The fourth-order valence-electron chi connectivity index (χ4n) is 3.52. The summed E-state index contributed by atoms with van der Waals surface area (Å²) in [6.45, 7) is 3.08. The van der Waals surface area contributed by atoms with Crippen molar-refractivity contribution in [2.45, 2.75) is 44.9 Å². The lowest BCUT2D eigenvalue weighted by atomic mass is 9.93. The van der Waals surface area contributed by atoms with Gasteiger partial charge < -0.3 is 10.5 Å². The van der Waals surface area contributed by atoms with E-state index in [9.17, 15) is 9.18 Å². The number of nitrogens with zero attached hydrogens (tertiary/aromatic N) is 1. The van der Waals surface area contributed by atoms with Crippen LogP contribution in [-0.2, 0) is 11.4 Å². The molecule has 138 valence electrons. The van der Waals surface area contributed by atoms with E-state index in [1.54, 1.807) is 6.07 Å². The molecular weight excluding hydrogens is 331 g/mol. The van der Waals surface area contributed by atoms with E-state index in [1.807, 2.05) is 37.3 Å². The van der Waals surface area contributed by atoms with E-state index in [0.29, 0.717) is 6.61 Å². The van der Waals surface area contributed by atoms with Crippen LogP contribution >= 0.6 is 0 Å². The summed E-state index contributed by atoms with van der Waals surface area (Å²) >= 11 is 0. The largest absolute Gasteiger partial charge is 0.489 e. The molecule has 1 heterocycles. The van der Waals surface area contributed by atoms with E-state index >= 15 is 0 Å². The van der Waals surface area contributed by atoms with Crippen LogP contribution < -0.4 is 10.5 Å². The molecule has 5 heteroatoms. The van der Waals surface area contributed by atoms with Crippen molar-refractivity contribution >= 4 is 5.91 Å². The predicted octanol–water partition coefficient (Wildman–Crippen LogP) is 3.81. The number of primary amides is 1. The van der Waals surface area contributed by atoms with Crippen LogP contribution in [0.5, 0.6) is 5.75 Å². The first-order chi connectivity index (χ1) is 12.5. The predicted molar refractivity (Wildman–Crippen MR) is 99.1 cm³/mol. The van der Waals surface area contributed by atoms with Gasteiger partial charge in [0.05, 0.1) is 6.04 Å². The lowest BCUT2D eigenvalue weighted by molar-refractivity contribution is -0.124. The number of benzene rings is 2. The first-order valence-corrected chi connectivity index (χ1v) is 9.07. The van der Waals surface area contributed by atoms with Crippen LogP contribution in [0.1, 0.15) is 43.4 Å². The summed E-state index contributed by atoms with van der Waals surface area (Å²) in [4.78, 5) is 13.8. The van der Waals surface area contributed by atoms with Crippen molar-refractivity contribution in [1.29, 1.82) is 0 Å². The van der Waals surface area contributed by atoms with Crippen molar-refractivity contribution in [2.75, 3.05) is 6.54 Å². The second-order valence-corrected chi connectivity index (χ2v) is 6.82. The summed E-state index contributed by atoms with van der Waals surface area (Å²) in [6, 6.07) is 14.3. The van der Waals surface area contributed by atoms with Gasteiger partial charge in [0.1, 0.15) is 18.2 Å². The number of carbonyl (C=O) groups is 1. The Hall–Kier alpha value is -2.40. The first-order valence-electron chi connectivity index (χ1n) is 9.07. The Labute approximate surface area is 153 Å². The number of halogens is 1. The second-order valence-electron chi connectivity index (χ2n) is 6.82. The molecule has 0 spiro atoms. The average Bonchev–Trinajstić information content (AvgIpc) is 2.66. The molecule has 1 saturated heterocycles. The molecular formula is C21H25FN2O2. The Kier molecular flexibility index (Phi) is 5.89. The highest BCUT2D eigenvalue weighted by Crippen LogP contribution is 2.33. The molecule has 0 aromatic heterocycles. The highest BCUT2D eigenvalue weighted by Gasteiger charge is 2.30. The third kappa shape index (κ3) is 4.41. The molecule has 26 heavy (non-hydrogen) atoms. The Bertz CT molecular complexity index is 748.